The van der Waals surface area contributed by atoms with E-state index >= 15 is 0 Å². The summed E-state index contributed by atoms with van der Waals surface area (Å²) in [6.07, 6.45) is 6.20. The summed E-state index contributed by atoms with van der Waals surface area (Å²) < 4.78 is 0. The van der Waals surface area contributed by atoms with Gasteiger partial charge < -0.3 is 15.7 Å². The number of anilines is 1. The van der Waals surface area contributed by atoms with Crippen molar-refractivity contribution < 1.29 is 19.5 Å². The molecule has 130 valence electrons. The number of amides is 2. The Balaban J connectivity index is 1.73. The predicted octanol–water partition coefficient (Wildman–Crippen LogP) is 3.06. The predicted molar refractivity (Wildman–Crippen MR) is 91.2 cm³/mol. The van der Waals surface area contributed by atoms with E-state index in [4.69, 9.17) is 16.7 Å². The number of carbonyl (C=O) groups excluding carboxylic acids is 2. The number of aromatic carboxylic acids is 1. The molecule has 6 nitrogen and oxygen atoms in total. The Labute approximate surface area is 145 Å². The van der Waals surface area contributed by atoms with Crippen LogP contribution in [-0.2, 0) is 9.59 Å². The average molecular weight is 353 g/mol. The normalized spacial score (nSPS) is 14.4. The molecule has 24 heavy (non-hydrogen) atoms. The van der Waals surface area contributed by atoms with E-state index in [2.05, 4.69) is 10.6 Å². The topological polar surface area (TPSA) is 95.5 Å². The van der Waals surface area contributed by atoms with Crippen LogP contribution in [0.3, 0.4) is 0 Å². The number of rotatable bonds is 7. The van der Waals surface area contributed by atoms with Gasteiger partial charge in [-0.15, -0.1) is 0 Å². The number of hydrogen-bond acceptors (Lipinski definition) is 3. The number of carboxylic acid groups (broad SMARTS) is 1. The maximum absolute atomic E-state index is 11.8. The molecular formula is C17H21ClN2O4. The van der Waals surface area contributed by atoms with Gasteiger partial charge in [0.1, 0.15) is 0 Å². The summed E-state index contributed by atoms with van der Waals surface area (Å²) in [6, 6.07) is 4.14. The van der Waals surface area contributed by atoms with E-state index in [1.165, 1.54) is 43.9 Å². The van der Waals surface area contributed by atoms with Crippen LogP contribution >= 0.6 is 11.6 Å². The van der Waals surface area contributed by atoms with Gasteiger partial charge in [-0.3, -0.25) is 9.59 Å². The van der Waals surface area contributed by atoms with Crippen LogP contribution in [0.2, 0.25) is 5.02 Å². The molecule has 1 aliphatic rings. The minimum atomic E-state index is -1.13. The second kappa shape index (κ2) is 8.68. The maximum atomic E-state index is 11.8. The Morgan fingerprint density at radius 2 is 1.88 bits per heavy atom. The van der Waals surface area contributed by atoms with Gasteiger partial charge in [-0.25, -0.2) is 4.79 Å². The van der Waals surface area contributed by atoms with Crippen LogP contribution in [0.1, 0.15) is 48.9 Å². The molecule has 0 radical (unpaired) electrons. The van der Waals surface area contributed by atoms with Gasteiger partial charge in [0.15, 0.2) is 0 Å². The van der Waals surface area contributed by atoms with Crippen LogP contribution < -0.4 is 10.6 Å². The molecule has 3 N–H and O–H groups in total. The van der Waals surface area contributed by atoms with Gasteiger partial charge in [0.25, 0.3) is 0 Å². The summed E-state index contributed by atoms with van der Waals surface area (Å²) in [4.78, 5) is 34.4. The average Bonchev–Trinajstić information content (AvgIpc) is 3.04. The van der Waals surface area contributed by atoms with E-state index in [0.717, 1.165) is 6.42 Å². The van der Waals surface area contributed by atoms with Crippen molar-refractivity contribution >= 4 is 35.1 Å². The highest BCUT2D eigenvalue weighted by molar-refractivity contribution is 6.33. The number of hydrogen-bond donors (Lipinski definition) is 3. The van der Waals surface area contributed by atoms with E-state index in [1.807, 2.05) is 0 Å². The number of carboxylic acids is 1. The van der Waals surface area contributed by atoms with Crippen molar-refractivity contribution in [3.05, 3.63) is 28.8 Å². The first-order chi connectivity index (χ1) is 11.5. The van der Waals surface area contributed by atoms with Gasteiger partial charge in [-0.1, -0.05) is 37.3 Å². The molecule has 1 aromatic carbocycles. The van der Waals surface area contributed by atoms with Crippen LogP contribution in [0.4, 0.5) is 5.69 Å². The molecule has 2 amide bonds. The van der Waals surface area contributed by atoms with E-state index in [1.54, 1.807) is 0 Å². The van der Waals surface area contributed by atoms with E-state index in [-0.39, 0.29) is 28.9 Å². The second-order valence-electron chi connectivity index (χ2n) is 6.01. The SMILES string of the molecule is O=C(CCC1CCCC1)NCC(=O)Nc1ccc(C(=O)O)c(Cl)c1. The van der Waals surface area contributed by atoms with Crippen molar-refractivity contribution in [2.45, 2.75) is 38.5 Å². The van der Waals surface area contributed by atoms with Crippen LogP contribution in [0, 0.1) is 5.92 Å². The van der Waals surface area contributed by atoms with Crippen molar-refractivity contribution in [3.8, 4) is 0 Å². The summed E-state index contributed by atoms with van der Waals surface area (Å²) >= 11 is 5.84. The Bertz CT molecular complexity index is 627. The van der Waals surface area contributed by atoms with Gasteiger partial charge >= 0.3 is 5.97 Å². The Hall–Kier alpha value is -2.08. The third-order valence-electron chi connectivity index (χ3n) is 4.18. The minimum Gasteiger partial charge on any atom is -0.478 e. The molecule has 0 unspecified atom stereocenters. The van der Waals surface area contributed by atoms with Crippen molar-refractivity contribution in [3.63, 3.8) is 0 Å². The van der Waals surface area contributed by atoms with Crippen LogP contribution in [-0.4, -0.2) is 29.4 Å². The standard InChI is InChI=1S/C17H21ClN2O4/c18-14-9-12(6-7-13(14)17(23)24)20-16(22)10-19-15(21)8-5-11-3-1-2-4-11/h6-7,9,11H,1-5,8,10H2,(H,19,21)(H,20,22)(H,23,24). The summed E-state index contributed by atoms with van der Waals surface area (Å²) in [7, 11) is 0. The smallest absolute Gasteiger partial charge is 0.337 e. The molecule has 1 fully saturated rings. The molecule has 1 saturated carbocycles. The maximum Gasteiger partial charge on any atom is 0.337 e. The Kier molecular flexibility index (Phi) is 6.61. The van der Waals surface area contributed by atoms with E-state index in [0.29, 0.717) is 18.0 Å². The van der Waals surface area contributed by atoms with Crippen molar-refractivity contribution in [1.82, 2.24) is 5.32 Å². The zero-order valence-corrected chi connectivity index (χ0v) is 14.1. The Morgan fingerprint density at radius 3 is 2.50 bits per heavy atom. The molecule has 7 heteroatoms. The summed E-state index contributed by atoms with van der Waals surface area (Å²) in [5.74, 6) is -1.01. The van der Waals surface area contributed by atoms with Crippen LogP contribution in [0.25, 0.3) is 0 Å². The zero-order chi connectivity index (χ0) is 17.5. The lowest BCUT2D eigenvalue weighted by Gasteiger charge is -2.10. The largest absolute Gasteiger partial charge is 0.478 e. The van der Waals surface area contributed by atoms with Crippen LogP contribution in [0.5, 0.6) is 0 Å². The zero-order valence-electron chi connectivity index (χ0n) is 13.3. The molecule has 0 bridgehead atoms. The molecule has 0 atom stereocenters. The number of nitrogens with one attached hydrogen (secondary N) is 2. The van der Waals surface area contributed by atoms with Gasteiger partial charge in [0, 0.05) is 12.1 Å². The first-order valence-corrected chi connectivity index (χ1v) is 8.43. The fourth-order valence-electron chi connectivity index (χ4n) is 2.87. The summed E-state index contributed by atoms with van der Waals surface area (Å²) in [6.45, 7) is -0.123. The Morgan fingerprint density at radius 1 is 1.17 bits per heavy atom. The first-order valence-electron chi connectivity index (χ1n) is 8.05. The number of benzene rings is 1. The van der Waals surface area contributed by atoms with Crippen molar-refractivity contribution in [2.24, 2.45) is 5.92 Å². The highest BCUT2D eigenvalue weighted by Crippen LogP contribution is 2.28. The first kappa shape index (κ1) is 18.3. The molecule has 0 saturated heterocycles. The van der Waals surface area contributed by atoms with Gasteiger partial charge in [0.2, 0.25) is 11.8 Å². The van der Waals surface area contributed by atoms with Gasteiger partial charge in [-0.05, 0) is 30.5 Å². The number of carbonyl (C=O) groups is 3. The highest BCUT2D eigenvalue weighted by Gasteiger charge is 2.16. The van der Waals surface area contributed by atoms with Crippen molar-refractivity contribution in [2.75, 3.05) is 11.9 Å². The van der Waals surface area contributed by atoms with Gasteiger partial charge in [-0.2, -0.15) is 0 Å². The molecule has 0 aliphatic heterocycles. The molecular weight excluding hydrogens is 332 g/mol. The fraction of sp³-hybridized carbons (Fsp3) is 0.471. The third kappa shape index (κ3) is 5.53. The molecule has 1 aliphatic carbocycles. The minimum absolute atomic E-state index is 0.0325. The number of halogens is 1. The molecule has 1 aromatic rings. The highest BCUT2D eigenvalue weighted by atomic mass is 35.5. The van der Waals surface area contributed by atoms with Crippen LogP contribution in [0.15, 0.2) is 18.2 Å². The molecule has 0 heterocycles. The second-order valence-corrected chi connectivity index (χ2v) is 6.42. The fourth-order valence-corrected chi connectivity index (χ4v) is 3.13. The van der Waals surface area contributed by atoms with E-state index < -0.39 is 5.97 Å². The third-order valence-corrected chi connectivity index (χ3v) is 4.50. The summed E-state index contributed by atoms with van der Waals surface area (Å²) in [5.41, 5.74) is 0.352. The van der Waals surface area contributed by atoms with E-state index in [9.17, 15) is 14.4 Å². The lowest BCUT2D eigenvalue weighted by Crippen LogP contribution is -2.32. The lowest BCUT2D eigenvalue weighted by molar-refractivity contribution is -0.124. The monoisotopic (exact) mass is 352 g/mol. The molecule has 0 aromatic heterocycles. The summed E-state index contributed by atoms with van der Waals surface area (Å²) in [5, 5.41) is 14.1. The lowest BCUT2D eigenvalue weighted by atomic mass is 10.0. The van der Waals surface area contributed by atoms with Gasteiger partial charge in [0.05, 0.1) is 17.1 Å². The molecule has 0 spiro atoms. The van der Waals surface area contributed by atoms with Crippen molar-refractivity contribution in [1.29, 1.82) is 0 Å². The molecule has 2 rings (SSSR count). The quantitative estimate of drug-likeness (QED) is 0.702.